The van der Waals surface area contributed by atoms with Crippen molar-refractivity contribution in [3.63, 3.8) is 0 Å². The van der Waals surface area contributed by atoms with Gasteiger partial charge in [-0.2, -0.15) is 0 Å². The highest BCUT2D eigenvalue weighted by Crippen LogP contribution is 2.35. The molecule has 0 saturated carbocycles. The molecule has 5 heteroatoms. The van der Waals surface area contributed by atoms with Crippen LogP contribution < -0.4 is 0 Å². The van der Waals surface area contributed by atoms with E-state index in [1.807, 2.05) is 0 Å². The number of rotatable bonds is 6. The van der Waals surface area contributed by atoms with Gasteiger partial charge in [0.25, 0.3) is 0 Å². The lowest BCUT2D eigenvalue weighted by atomic mass is 9.91. The molecule has 140 valence electrons. The average Bonchev–Trinajstić information content (AvgIpc) is 2.67. The van der Waals surface area contributed by atoms with Crippen molar-refractivity contribution in [1.82, 2.24) is 4.90 Å². The van der Waals surface area contributed by atoms with Crippen LogP contribution in [-0.2, 0) is 5.72 Å². The minimum absolute atomic E-state index is 0.323. The number of piperidine rings is 1. The van der Waals surface area contributed by atoms with Gasteiger partial charge in [-0.25, -0.2) is 4.39 Å². The fraction of sp³-hybridized carbons (Fsp3) is 0.429. The van der Waals surface area contributed by atoms with E-state index in [0.29, 0.717) is 23.4 Å². The number of aliphatic hydroxyl groups excluding tert-OH is 1. The number of nitrogens with zero attached hydrogens (tertiary/aromatic N) is 1. The van der Waals surface area contributed by atoms with Crippen LogP contribution in [0.25, 0.3) is 0 Å². The van der Waals surface area contributed by atoms with Gasteiger partial charge in [-0.1, -0.05) is 42.3 Å². The van der Waals surface area contributed by atoms with E-state index in [1.54, 1.807) is 36.4 Å². The van der Waals surface area contributed by atoms with E-state index in [9.17, 15) is 14.6 Å². The molecule has 0 aromatic heterocycles. The van der Waals surface area contributed by atoms with E-state index in [4.69, 9.17) is 11.6 Å². The molecule has 0 spiro atoms. The first kappa shape index (κ1) is 19.3. The van der Waals surface area contributed by atoms with Crippen molar-refractivity contribution in [1.29, 1.82) is 0 Å². The van der Waals surface area contributed by atoms with Crippen LogP contribution in [0.5, 0.6) is 0 Å². The van der Waals surface area contributed by atoms with Crippen LogP contribution in [0.15, 0.2) is 48.5 Å². The zero-order chi connectivity index (χ0) is 18.6. The summed E-state index contributed by atoms with van der Waals surface area (Å²) >= 11 is 5.90. The molecule has 2 aromatic carbocycles. The van der Waals surface area contributed by atoms with Crippen LogP contribution in [-0.4, -0.2) is 28.2 Å². The van der Waals surface area contributed by atoms with Crippen molar-refractivity contribution >= 4 is 11.6 Å². The molecule has 0 radical (unpaired) electrons. The lowest BCUT2D eigenvalue weighted by molar-refractivity contribution is -0.135. The number of likely N-dealkylation sites (tertiary alicyclic amines) is 1. The number of aliphatic hydroxyl groups is 2. The molecule has 3 rings (SSSR count). The smallest absolute Gasteiger partial charge is 0.144 e. The Kier molecular flexibility index (Phi) is 6.30. The van der Waals surface area contributed by atoms with Gasteiger partial charge in [0.2, 0.25) is 0 Å². The van der Waals surface area contributed by atoms with Gasteiger partial charge in [-0.15, -0.1) is 0 Å². The number of benzene rings is 2. The second-order valence-electron chi connectivity index (χ2n) is 6.98. The van der Waals surface area contributed by atoms with Crippen LogP contribution in [0.4, 0.5) is 4.39 Å². The molecular weight excluding hydrogens is 353 g/mol. The van der Waals surface area contributed by atoms with Crippen molar-refractivity contribution in [2.45, 2.75) is 43.9 Å². The van der Waals surface area contributed by atoms with E-state index >= 15 is 0 Å². The summed E-state index contributed by atoms with van der Waals surface area (Å²) < 4.78 is 13.3. The van der Waals surface area contributed by atoms with Crippen molar-refractivity contribution in [3.8, 4) is 0 Å². The second kappa shape index (κ2) is 8.49. The molecule has 3 nitrogen and oxygen atoms in total. The first-order chi connectivity index (χ1) is 12.5. The molecule has 2 aromatic rings. The topological polar surface area (TPSA) is 43.7 Å². The van der Waals surface area contributed by atoms with Crippen molar-refractivity contribution < 1.29 is 14.6 Å². The zero-order valence-electron chi connectivity index (χ0n) is 14.7. The number of halogens is 2. The molecule has 2 atom stereocenters. The molecule has 1 heterocycles. The lowest BCUT2D eigenvalue weighted by Gasteiger charge is -2.42. The molecule has 1 aliphatic rings. The van der Waals surface area contributed by atoms with Gasteiger partial charge < -0.3 is 10.2 Å². The Morgan fingerprint density at radius 3 is 2.23 bits per heavy atom. The Hall–Kier alpha value is -1.46. The van der Waals surface area contributed by atoms with E-state index < -0.39 is 11.8 Å². The summed E-state index contributed by atoms with van der Waals surface area (Å²) in [4.78, 5) is 2.05. The number of hydrogen-bond acceptors (Lipinski definition) is 3. The Morgan fingerprint density at radius 2 is 1.62 bits per heavy atom. The second-order valence-corrected chi connectivity index (χ2v) is 7.41. The largest absolute Gasteiger partial charge is 0.388 e. The fourth-order valence-corrected chi connectivity index (χ4v) is 3.78. The van der Waals surface area contributed by atoms with Crippen LogP contribution in [0, 0.1) is 5.82 Å². The van der Waals surface area contributed by atoms with Crippen LogP contribution in [0.3, 0.4) is 0 Å². The van der Waals surface area contributed by atoms with E-state index in [2.05, 4.69) is 4.90 Å². The third-order valence-electron chi connectivity index (χ3n) is 5.21. The summed E-state index contributed by atoms with van der Waals surface area (Å²) in [6, 6.07) is 13.1. The molecule has 2 N–H and O–H groups in total. The van der Waals surface area contributed by atoms with Gasteiger partial charge in [0.15, 0.2) is 0 Å². The first-order valence-corrected chi connectivity index (χ1v) is 9.54. The lowest BCUT2D eigenvalue weighted by Crippen LogP contribution is -2.48. The van der Waals surface area contributed by atoms with Gasteiger partial charge in [0, 0.05) is 18.1 Å². The third-order valence-corrected chi connectivity index (χ3v) is 5.46. The molecule has 1 aliphatic heterocycles. The SMILES string of the molecule is OC(CCC(O)(c1ccc(F)cc1)N1CCCCC1)c1ccc(Cl)cc1. The molecule has 2 unspecified atom stereocenters. The summed E-state index contributed by atoms with van der Waals surface area (Å²) in [7, 11) is 0. The molecule has 26 heavy (non-hydrogen) atoms. The van der Waals surface area contributed by atoms with Gasteiger partial charge in [0.1, 0.15) is 11.5 Å². The highest BCUT2D eigenvalue weighted by Gasteiger charge is 2.37. The fourth-order valence-electron chi connectivity index (χ4n) is 3.66. The third kappa shape index (κ3) is 4.44. The van der Waals surface area contributed by atoms with Crippen molar-refractivity contribution in [2.24, 2.45) is 0 Å². The highest BCUT2D eigenvalue weighted by atomic mass is 35.5. The summed E-state index contributed by atoms with van der Waals surface area (Å²) in [5, 5.41) is 22.7. The standard InChI is InChI=1S/C21H25ClFNO2/c22-18-8-4-16(5-9-18)20(25)12-13-21(26,24-14-2-1-3-15-24)17-6-10-19(23)11-7-17/h4-11,20,25-26H,1-3,12-15H2. The van der Waals surface area contributed by atoms with E-state index in [0.717, 1.165) is 37.9 Å². The summed E-state index contributed by atoms with van der Waals surface area (Å²) in [6.45, 7) is 1.59. The average molecular weight is 378 g/mol. The zero-order valence-corrected chi connectivity index (χ0v) is 15.5. The van der Waals surface area contributed by atoms with Crippen LogP contribution in [0.2, 0.25) is 5.02 Å². The Morgan fingerprint density at radius 1 is 1.00 bits per heavy atom. The maximum atomic E-state index is 13.3. The van der Waals surface area contributed by atoms with Gasteiger partial charge in [0.05, 0.1) is 6.10 Å². The van der Waals surface area contributed by atoms with Crippen LogP contribution >= 0.6 is 11.6 Å². The highest BCUT2D eigenvalue weighted by molar-refractivity contribution is 6.30. The normalized spacial score (nSPS) is 19.1. The molecular formula is C21H25ClFNO2. The van der Waals surface area contributed by atoms with Crippen molar-refractivity contribution in [3.05, 3.63) is 70.5 Å². The molecule has 0 aliphatic carbocycles. The summed E-state index contributed by atoms with van der Waals surface area (Å²) in [6.07, 6.45) is 3.29. The minimum atomic E-state index is -1.21. The van der Waals surface area contributed by atoms with Gasteiger partial charge in [-0.05, 0) is 61.1 Å². The number of hydrogen-bond donors (Lipinski definition) is 2. The Labute approximate surface area is 159 Å². The minimum Gasteiger partial charge on any atom is -0.388 e. The monoisotopic (exact) mass is 377 g/mol. The van der Waals surface area contributed by atoms with Crippen molar-refractivity contribution in [2.75, 3.05) is 13.1 Å². The predicted molar refractivity (Wildman–Crippen MR) is 101 cm³/mol. The molecule has 0 amide bonds. The summed E-state index contributed by atoms with van der Waals surface area (Å²) in [5.74, 6) is -0.323. The molecule has 0 bridgehead atoms. The van der Waals surface area contributed by atoms with Crippen LogP contribution in [0.1, 0.15) is 49.3 Å². The first-order valence-electron chi connectivity index (χ1n) is 9.16. The Balaban J connectivity index is 1.78. The van der Waals surface area contributed by atoms with Gasteiger partial charge in [-0.3, -0.25) is 4.90 Å². The Bertz CT molecular complexity index is 701. The predicted octanol–water partition coefficient (Wildman–Crippen LogP) is 4.62. The summed E-state index contributed by atoms with van der Waals surface area (Å²) in [5.41, 5.74) is 0.236. The molecule has 1 fully saturated rings. The quantitative estimate of drug-likeness (QED) is 0.771. The van der Waals surface area contributed by atoms with Gasteiger partial charge >= 0.3 is 0 Å². The van der Waals surface area contributed by atoms with E-state index in [1.165, 1.54) is 12.1 Å². The molecule has 1 saturated heterocycles. The maximum Gasteiger partial charge on any atom is 0.144 e. The maximum absolute atomic E-state index is 13.3. The van der Waals surface area contributed by atoms with E-state index in [-0.39, 0.29) is 5.82 Å².